The molecule has 1 rings (SSSR count). The summed E-state index contributed by atoms with van der Waals surface area (Å²) in [6.45, 7) is 3.16. The quantitative estimate of drug-likeness (QED) is 0.607. The van der Waals surface area contributed by atoms with Gasteiger partial charge in [0.15, 0.2) is 0 Å². The molecule has 3 N–H and O–H groups in total. The standard InChI is InChI=1S/C11H14N2O4/c1-11(2,9(12)10(14)15)7-5-3-4-6-8(7)13(16)17/h3-6,9H,12H2,1-2H3,(H,14,15). The number of benzene rings is 1. The number of hydrogen-bond acceptors (Lipinski definition) is 4. The summed E-state index contributed by atoms with van der Waals surface area (Å²) < 4.78 is 0. The second-order valence-electron chi connectivity index (χ2n) is 4.31. The molecule has 0 heterocycles. The first-order valence-electron chi connectivity index (χ1n) is 5.00. The molecule has 0 saturated carbocycles. The van der Waals surface area contributed by atoms with Gasteiger partial charge >= 0.3 is 5.97 Å². The summed E-state index contributed by atoms with van der Waals surface area (Å²) in [7, 11) is 0. The minimum absolute atomic E-state index is 0.116. The summed E-state index contributed by atoms with van der Waals surface area (Å²) >= 11 is 0. The smallest absolute Gasteiger partial charge is 0.321 e. The molecule has 0 aromatic heterocycles. The Morgan fingerprint density at radius 2 is 2.00 bits per heavy atom. The van der Waals surface area contributed by atoms with Crippen molar-refractivity contribution in [2.24, 2.45) is 5.73 Å². The Labute approximate surface area is 98.2 Å². The summed E-state index contributed by atoms with van der Waals surface area (Å²) in [6, 6.07) is 4.82. The van der Waals surface area contributed by atoms with Crippen molar-refractivity contribution >= 4 is 11.7 Å². The minimum Gasteiger partial charge on any atom is -0.480 e. The highest BCUT2D eigenvalue weighted by molar-refractivity contribution is 5.76. The topological polar surface area (TPSA) is 106 Å². The number of hydrogen-bond donors (Lipinski definition) is 2. The van der Waals surface area contributed by atoms with E-state index in [9.17, 15) is 14.9 Å². The molecule has 0 aliphatic carbocycles. The fourth-order valence-electron chi connectivity index (χ4n) is 1.65. The van der Waals surface area contributed by atoms with Crippen LogP contribution >= 0.6 is 0 Å². The highest BCUT2D eigenvalue weighted by Gasteiger charge is 2.38. The highest BCUT2D eigenvalue weighted by atomic mass is 16.6. The minimum atomic E-state index is -1.21. The number of carboxylic acids is 1. The van der Waals surface area contributed by atoms with E-state index < -0.39 is 22.3 Å². The largest absolute Gasteiger partial charge is 0.480 e. The van der Waals surface area contributed by atoms with Crippen LogP contribution in [0.1, 0.15) is 19.4 Å². The molecule has 1 aromatic carbocycles. The molecule has 0 spiro atoms. The SMILES string of the molecule is CC(C)(c1ccccc1[N+](=O)[O-])C(N)C(=O)O. The molecule has 6 heteroatoms. The van der Waals surface area contributed by atoms with Crippen LogP contribution in [-0.2, 0) is 10.2 Å². The Hall–Kier alpha value is -1.95. The van der Waals surface area contributed by atoms with E-state index in [1.165, 1.54) is 18.2 Å². The van der Waals surface area contributed by atoms with E-state index in [0.29, 0.717) is 5.56 Å². The van der Waals surface area contributed by atoms with Crippen molar-refractivity contribution in [1.29, 1.82) is 0 Å². The van der Waals surface area contributed by atoms with E-state index in [0.717, 1.165) is 0 Å². The number of nitro benzene ring substituents is 1. The lowest BCUT2D eigenvalue weighted by atomic mass is 9.77. The lowest BCUT2D eigenvalue weighted by molar-refractivity contribution is -0.386. The normalized spacial score (nSPS) is 13.1. The van der Waals surface area contributed by atoms with Gasteiger partial charge in [0.1, 0.15) is 6.04 Å². The zero-order chi connectivity index (χ0) is 13.2. The monoisotopic (exact) mass is 238 g/mol. The van der Waals surface area contributed by atoms with Crippen molar-refractivity contribution in [3.8, 4) is 0 Å². The third kappa shape index (κ3) is 2.42. The first kappa shape index (κ1) is 13.1. The van der Waals surface area contributed by atoms with Gasteiger partial charge in [-0.15, -0.1) is 0 Å². The number of nitro groups is 1. The maximum atomic E-state index is 10.9. The third-order valence-electron chi connectivity index (χ3n) is 2.84. The Morgan fingerprint density at radius 3 is 2.47 bits per heavy atom. The number of rotatable bonds is 4. The van der Waals surface area contributed by atoms with Gasteiger partial charge in [-0.25, -0.2) is 0 Å². The van der Waals surface area contributed by atoms with Crippen LogP contribution in [0.15, 0.2) is 24.3 Å². The second kappa shape index (κ2) is 4.50. The Bertz CT molecular complexity index is 457. The Kier molecular flexibility index (Phi) is 3.47. The summed E-state index contributed by atoms with van der Waals surface area (Å²) in [6.07, 6.45) is 0. The number of carbonyl (C=O) groups is 1. The molecule has 0 radical (unpaired) electrons. The van der Waals surface area contributed by atoms with Crippen molar-refractivity contribution in [2.45, 2.75) is 25.3 Å². The molecule has 1 atom stereocenters. The predicted octanol–water partition coefficient (Wildman–Crippen LogP) is 1.28. The fraction of sp³-hybridized carbons (Fsp3) is 0.364. The Balaban J connectivity index is 3.32. The molecule has 0 fully saturated rings. The highest BCUT2D eigenvalue weighted by Crippen LogP contribution is 2.33. The predicted molar refractivity (Wildman–Crippen MR) is 61.7 cm³/mol. The third-order valence-corrected chi connectivity index (χ3v) is 2.84. The first-order chi connectivity index (χ1) is 7.78. The molecule has 92 valence electrons. The van der Waals surface area contributed by atoms with Crippen LogP contribution in [0.5, 0.6) is 0 Å². The maximum absolute atomic E-state index is 10.9. The summed E-state index contributed by atoms with van der Waals surface area (Å²) in [4.78, 5) is 21.2. The number of para-hydroxylation sites is 1. The average molecular weight is 238 g/mol. The van der Waals surface area contributed by atoms with Gasteiger partial charge in [-0.1, -0.05) is 32.0 Å². The van der Waals surface area contributed by atoms with Gasteiger partial charge < -0.3 is 10.8 Å². The van der Waals surface area contributed by atoms with E-state index in [-0.39, 0.29) is 5.69 Å². The van der Waals surface area contributed by atoms with E-state index in [4.69, 9.17) is 10.8 Å². The van der Waals surface area contributed by atoms with Crippen LogP contribution in [0, 0.1) is 10.1 Å². The molecule has 17 heavy (non-hydrogen) atoms. The molecule has 0 saturated heterocycles. The van der Waals surface area contributed by atoms with Gasteiger partial charge in [0, 0.05) is 17.0 Å². The van der Waals surface area contributed by atoms with Gasteiger partial charge in [0.2, 0.25) is 0 Å². The molecule has 0 aliphatic heterocycles. The van der Waals surface area contributed by atoms with Gasteiger partial charge in [-0.05, 0) is 0 Å². The molecule has 0 amide bonds. The molecule has 1 aromatic rings. The zero-order valence-electron chi connectivity index (χ0n) is 9.58. The molecule has 1 unspecified atom stereocenters. The van der Waals surface area contributed by atoms with E-state index >= 15 is 0 Å². The number of aliphatic carboxylic acids is 1. The fourth-order valence-corrected chi connectivity index (χ4v) is 1.65. The molecule has 0 aliphatic rings. The van der Waals surface area contributed by atoms with Crippen molar-refractivity contribution in [2.75, 3.05) is 0 Å². The van der Waals surface area contributed by atoms with E-state index in [1.807, 2.05) is 0 Å². The average Bonchev–Trinajstić information content (AvgIpc) is 2.27. The van der Waals surface area contributed by atoms with Gasteiger partial charge in [0.25, 0.3) is 5.69 Å². The van der Waals surface area contributed by atoms with Crippen LogP contribution in [-0.4, -0.2) is 22.0 Å². The zero-order valence-corrected chi connectivity index (χ0v) is 9.58. The molecular weight excluding hydrogens is 224 g/mol. The Morgan fingerprint density at radius 1 is 1.47 bits per heavy atom. The number of carboxylic acid groups (broad SMARTS) is 1. The lowest BCUT2D eigenvalue weighted by Crippen LogP contribution is -2.47. The van der Waals surface area contributed by atoms with Crippen molar-refractivity contribution in [3.63, 3.8) is 0 Å². The second-order valence-corrected chi connectivity index (χ2v) is 4.31. The van der Waals surface area contributed by atoms with Gasteiger partial charge in [-0.2, -0.15) is 0 Å². The van der Waals surface area contributed by atoms with Crippen molar-refractivity contribution in [3.05, 3.63) is 39.9 Å². The van der Waals surface area contributed by atoms with E-state index in [1.54, 1.807) is 19.9 Å². The summed E-state index contributed by atoms with van der Waals surface area (Å²) in [5.74, 6) is -1.19. The van der Waals surface area contributed by atoms with Crippen LogP contribution in [0.4, 0.5) is 5.69 Å². The van der Waals surface area contributed by atoms with Crippen LogP contribution < -0.4 is 5.73 Å². The van der Waals surface area contributed by atoms with Gasteiger partial charge in [0.05, 0.1) is 4.92 Å². The van der Waals surface area contributed by atoms with Crippen molar-refractivity contribution in [1.82, 2.24) is 0 Å². The maximum Gasteiger partial charge on any atom is 0.321 e. The number of nitrogens with two attached hydrogens (primary N) is 1. The number of nitrogens with zero attached hydrogens (tertiary/aromatic N) is 1. The summed E-state index contributed by atoms with van der Waals surface area (Å²) in [5.41, 5.74) is 4.76. The summed E-state index contributed by atoms with van der Waals surface area (Å²) in [5, 5.41) is 19.8. The van der Waals surface area contributed by atoms with E-state index in [2.05, 4.69) is 0 Å². The molecule has 0 bridgehead atoms. The van der Waals surface area contributed by atoms with Crippen LogP contribution in [0.3, 0.4) is 0 Å². The van der Waals surface area contributed by atoms with Crippen LogP contribution in [0.2, 0.25) is 0 Å². The van der Waals surface area contributed by atoms with Gasteiger partial charge in [-0.3, -0.25) is 14.9 Å². The molecule has 6 nitrogen and oxygen atoms in total. The molecular formula is C11H14N2O4. The lowest BCUT2D eigenvalue weighted by Gasteiger charge is -2.28. The van der Waals surface area contributed by atoms with Crippen molar-refractivity contribution < 1.29 is 14.8 Å². The van der Waals surface area contributed by atoms with Crippen LogP contribution in [0.25, 0.3) is 0 Å². The first-order valence-corrected chi connectivity index (χ1v) is 5.00.